The number of hydrogen-bond acceptors (Lipinski definition) is 5. The second-order valence-corrected chi connectivity index (χ2v) is 10.6. The first-order valence-corrected chi connectivity index (χ1v) is 11.4. The van der Waals surface area contributed by atoms with E-state index in [0.717, 1.165) is 0 Å². The fourth-order valence-corrected chi connectivity index (χ4v) is 6.50. The molecule has 0 aliphatic carbocycles. The summed E-state index contributed by atoms with van der Waals surface area (Å²) in [6.45, 7) is 5.97. The summed E-state index contributed by atoms with van der Waals surface area (Å²) in [6.07, 6.45) is 0.371. The molecule has 0 aromatic heterocycles. The minimum absolute atomic E-state index is 0.0603. The van der Waals surface area contributed by atoms with Gasteiger partial charge in [0.1, 0.15) is 0 Å². The van der Waals surface area contributed by atoms with E-state index in [4.69, 9.17) is 0 Å². The minimum atomic E-state index is -3.57. The van der Waals surface area contributed by atoms with Crippen molar-refractivity contribution in [3.05, 3.63) is 29.8 Å². The zero-order valence-corrected chi connectivity index (χ0v) is 16.3. The molecule has 1 heterocycles. The van der Waals surface area contributed by atoms with E-state index in [1.165, 1.54) is 28.6 Å². The maximum atomic E-state index is 12.4. The summed E-state index contributed by atoms with van der Waals surface area (Å²) in [4.78, 5) is 12.5. The Bertz CT molecular complexity index is 843. The van der Waals surface area contributed by atoms with E-state index in [0.29, 0.717) is 25.1 Å². The molecule has 1 amide bonds. The Morgan fingerprint density at radius 3 is 2.20 bits per heavy atom. The number of nitrogens with zero attached hydrogens (tertiary/aromatic N) is 1. The third-order valence-corrected chi connectivity index (χ3v) is 8.35. The summed E-state index contributed by atoms with van der Waals surface area (Å²) in [7, 11) is -6.69. The van der Waals surface area contributed by atoms with Crippen LogP contribution in [0.5, 0.6) is 0 Å². The van der Waals surface area contributed by atoms with Crippen LogP contribution >= 0.6 is 0 Å². The first-order chi connectivity index (χ1) is 11.5. The molecule has 0 unspecified atom stereocenters. The first-order valence-electron chi connectivity index (χ1n) is 8.16. The first kappa shape index (κ1) is 19.9. The second kappa shape index (κ2) is 7.05. The summed E-state index contributed by atoms with van der Waals surface area (Å²) in [6, 6.07) is 5.68. The molecule has 1 fully saturated rings. The van der Waals surface area contributed by atoms with E-state index < -0.39 is 31.3 Å². The zero-order valence-electron chi connectivity index (χ0n) is 14.6. The number of hydrogen-bond donors (Lipinski definition) is 1. The van der Waals surface area contributed by atoms with Gasteiger partial charge in [-0.1, -0.05) is 13.8 Å². The number of nitrogens with one attached hydrogen (secondary N) is 1. The number of sulfonamides is 1. The lowest BCUT2D eigenvalue weighted by atomic mass is 10.0. The Kier molecular flexibility index (Phi) is 5.60. The SMILES string of the molecule is CCN(CC)S(=O)(=O)c1ccc(C(=O)N[C@@]2(C)CCS(=O)(=O)C2)cc1. The van der Waals surface area contributed by atoms with E-state index >= 15 is 0 Å². The lowest BCUT2D eigenvalue weighted by Gasteiger charge is -2.24. The molecule has 0 saturated carbocycles. The van der Waals surface area contributed by atoms with Crippen LogP contribution in [0.4, 0.5) is 0 Å². The highest BCUT2D eigenvalue weighted by Crippen LogP contribution is 2.23. The van der Waals surface area contributed by atoms with Crippen LogP contribution in [0.25, 0.3) is 0 Å². The molecular formula is C16H24N2O5S2. The molecule has 1 aliphatic rings. The number of carbonyl (C=O) groups is 1. The molecule has 0 spiro atoms. The Labute approximate surface area is 149 Å². The molecule has 2 rings (SSSR count). The Balaban J connectivity index is 2.16. The average Bonchev–Trinajstić information content (AvgIpc) is 2.81. The molecule has 140 valence electrons. The zero-order chi connectivity index (χ0) is 18.9. The van der Waals surface area contributed by atoms with Crippen LogP contribution < -0.4 is 5.32 Å². The highest BCUT2D eigenvalue weighted by atomic mass is 32.2. The third-order valence-electron chi connectivity index (χ3n) is 4.38. The lowest BCUT2D eigenvalue weighted by Crippen LogP contribution is -2.46. The van der Waals surface area contributed by atoms with E-state index in [1.54, 1.807) is 20.8 Å². The van der Waals surface area contributed by atoms with Gasteiger partial charge < -0.3 is 5.32 Å². The van der Waals surface area contributed by atoms with Gasteiger partial charge in [0.05, 0.1) is 21.9 Å². The quantitative estimate of drug-likeness (QED) is 0.784. The van der Waals surface area contributed by atoms with Crippen molar-refractivity contribution in [3.8, 4) is 0 Å². The normalized spacial score (nSPS) is 22.9. The standard InChI is InChI=1S/C16H24N2O5S2/c1-4-18(5-2)25(22,23)14-8-6-13(7-9-14)15(19)17-16(3)10-11-24(20,21)12-16/h6-9H,4-5,10-12H2,1-3H3,(H,17,19)/t16-/m0/s1. The van der Waals surface area contributed by atoms with Crippen molar-refractivity contribution in [1.29, 1.82) is 0 Å². The molecule has 0 bridgehead atoms. The Hall–Kier alpha value is -1.45. The van der Waals surface area contributed by atoms with Crippen LogP contribution in [0, 0.1) is 0 Å². The molecule has 1 aromatic carbocycles. The fourth-order valence-electron chi connectivity index (χ4n) is 2.95. The molecule has 9 heteroatoms. The van der Waals surface area contributed by atoms with E-state index in [2.05, 4.69) is 5.32 Å². The summed E-state index contributed by atoms with van der Waals surface area (Å²) >= 11 is 0. The van der Waals surface area contributed by atoms with Crippen LogP contribution in [-0.2, 0) is 19.9 Å². The number of benzene rings is 1. The van der Waals surface area contributed by atoms with Gasteiger partial charge in [-0.05, 0) is 37.6 Å². The topological polar surface area (TPSA) is 101 Å². The number of amides is 1. The molecule has 1 aliphatic heterocycles. The van der Waals surface area contributed by atoms with Crippen molar-refractivity contribution in [3.63, 3.8) is 0 Å². The molecular weight excluding hydrogens is 364 g/mol. The van der Waals surface area contributed by atoms with Crippen molar-refractivity contribution in [2.24, 2.45) is 0 Å². The minimum Gasteiger partial charge on any atom is -0.346 e. The molecule has 1 saturated heterocycles. The summed E-state index contributed by atoms with van der Waals surface area (Å²) in [5, 5.41) is 2.75. The van der Waals surface area contributed by atoms with Crippen molar-refractivity contribution < 1.29 is 21.6 Å². The molecule has 1 N–H and O–H groups in total. The maximum Gasteiger partial charge on any atom is 0.251 e. The smallest absolute Gasteiger partial charge is 0.251 e. The van der Waals surface area contributed by atoms with E-state index in [-0.39, 0.29) is 16.4 Å². The van der Waals surface area contributed by atoms with Crippen molar-refractivity contribution >= 4 is 25.8 Å². The highest BCUT2D eigenvalue weighted by molar-refractivity contribution is 7.91. The average molecular weight is 389 g/mol. The molecule has 1 aromatic rings. The van der Waals surface area contributed by atoms with Crippen LogP contribution in [0.3, 0.4) is 0 Å². The number of sulfone groups is 1. The molecule has 7 nitrogen and oxygen atoms in total. The van der Waals surface area contributed by atoms with Crippen molar-refractivity contribution in [1.82, 2.24) is 9.62 Å². The maximum absolute atomic E-state index is 12.4. The molecule has 1 atom stereocenters. The Morgan fingerprint density at radius 1 is 1.20 bits per heavy atom. The molecule has 0 radical (unpaired) electrons. The van der Waals surface area contributed by atoms with Crippen LogP contribution in [0.2, 0.25) is 0 Å². The van der Waals surface area contributed by atoms with Gasteiger partial charge >= 0.3 is 0 Å². The van der Waals surface area contributed by atoms with Gasteiger partial charge in [-0.3, -0.25) is 4.79 Å². The van der Waals surface area contributed by atoms with Gasteiger partial charge in [0, 0.05) is 18.7 Å². The third kappa shape index (κ3) is 4.39. The van der Waals surface area contributed by atoms with Gasteiger partial charge in [0.2, 0.25) is 10.0 Å². The summed E-state index contributed by atoms with van der Waals surface area (Å²) in [5.41, 5.74) is -0.494. The van der Waals surface area contributed by atoms with Gasteiger partial charge in [-0.15, -0.1) is 0 Å². The van der Waals surface area contributed by atoms with Crippen LogP contribution in [0.1, 0.15) is 37.6 Å². The van der Waals surface area contributed by atoms with E-state index in [1.807, 2.05) is 0 Å². The second-order valence-electron chi connectivity index (χ2n) is 6.47. The van der Waals surface area contributed by atoms with Gasteiger partial charge in [0.15, 0.2) is 9.84 Å². The predicted molar refractivity (Wildman–Crippen MR) is 95.7 cm³/mol. The van der Waals surface area contributed by atoms with Gasteiger partial charge in [-0.25, -0.2) is 16.8 Å². The summed E-state index contributed by atoms with van der Waals surface area (Å²) < 4.78 is 49.4. The van der Waals surface area contributed by atoms with Crippen molar-refractivity contribution in [2.75, 3.05) is 24.6 Å². The number of carbonyl (C=O) groups excluding carboxylic acids is 1. The largest absolute Gasteiger partial charge is 0.346 e. The van der Waals surface area contributed by atoms with Gasteiger partial charge in [-0.2, -0.15) is 4.31 Å². The monoisotopic (exact) mass is 388 g/mol. The number of rotatable bonds is 6. The Morgan fingerprint density at radius 2 is 1.76 bits per heavy atom. The highest BCUT2D eigenvalue weighted by Gasteiger charge is 2.39. The lowest BCUT2D eigenvalue weighted by molar-refractivity contribution is 0.0915. The van der Waals surface area contributed by atoms with Gasteiger partial charge in [0.25, 0.3) is 5.91 Å². The van der Waals surface area contributed by atoms with Crippen LogP contribution in [-0.4, -0.2) is 57.2 Å². The fraction of sp³-hybridized carbons (Fsp3) is 0.562. The summed E-state index contributed by atoms with van der Waals surface area (Å²) in [5.74, 6) is -0.434. The molecule has 25 heavy (non-hydrogen) atoms. The van der Waals surface area contributed by atoms with E-state index in [9.17, 15) is 21.6 Å². The van der Waals surface area contributed by atoms with Crippen molar-refractivity contribution in [2.45, 2.75) is 37.6 Å². The predicted octanol–water partition coefficient (Wildman–Crippen LogP) is 1.02. The van der Waals surface area contributed by atoms with Crippen LogP contribution in [0.15, 0.2) is 29.2 Å².